The van der Waals surface area contributed by atoms with Crippen molar-refractivity contribution in [3.63, 3.8) is 0 Å². The predicted octanol–water partition coefficient (Wildman–Crippen LogP) is 5.15. The molecule has 0 aromatic heterocycles. The highest BCUT2D eigenvalue weighted by Crippen LogP contribution is 2.34. The molecule has 3 aliphatic rings. The minimum atomic E-state index is -2.94. The molecule has 0 radical (unpaired) electrons. The van der Waals surface area contributed by atoms with Crippen LogP contribution in [0.4, 0.5) is 18.0 Å². The summed E-state index contributed by atoms with van der Waals surface area (Å²) in [7, 11) is 1.68. The Morgan fingerprint density at radius 1 is 1.26 bits per heavy atom. The molecule has 39 heavy (non-hydrogen) atoms. The third-order valence-electron chi connectivity index (χ3n) is 6.85. The summed E-state index contributed by atoms with van der Waals surface area (Å²) in [5.74, 6) is -0.874. The fourth-order valence-electron chi connectivity index (χ4n) is 4.89. The number of halogens is 3. The Hall–Kier alpha value is -3.63. The second-order valence-electron chi connectivity index (χ2n) is 10.9. The molecule has 1 aromatic carbocycles. The number of hydrogen-bond acceptors (Lipinski definition) is 5. The lowest BCUT2D eigenvalue weighted by molar-refractivity contribution is -0.130. The molecular formula is C28H34F3N5O3. The lowest BCUT2D eigenvalue weighted by atomic mass is 9.87. The lowest BCUT2D eigenvalue weighted by Gasteiger charge is -2.39. The van der Waals surface area contributed by atoms with Crippen LogP contribution >= 0.6 is 0 Å². The van der Waals surface area contributed by atoms with Gasteiger partial charge in [-0.05, 0) is 52.7 Å². The zero-order chi connectivity index (χ0) is 28.6. The number of fused-ring (bicyclic) bond motifs is 1. The van der Waals surface area contributed by atoms with Crippen molar-refractivity contribution >= 4 is 23.7 Å². The Morgan fingerprint density at radius 3 is 2.56 bits per heavy atom. The number of hydrogen-bond donors (Lipinski definition) is 1. The van der Waals surface area contributed by atoms with Gasteiger partial charge in [0.05, 0.1) is 23.4 Å². The SMILES string of the molecule is CC1=NC2C(=O)N(C)C(C3=CCN(C(=O)OC(C)(C)C)CC3)=CC2C(=N[C@H](C)c2cccc(C(F)F)c2F)N1. The molecule has 210 valence electrons. The average molecular weight is 546 g/mol. The fraction of sp³-hybridized carbons (Fsp3) is 0.500. The first-order valence-electron chi connectivity index (χ1n) is 12.9. The molecule has 3 atom stereocenters. The van der Waals surface area contributed by atoms with Crippen LogP contribution in [0.1, 0.15) is 64.6 Å². The highest BCUT2D eigenvalue weighted by Gasteiger charge is 2.42. The number of aliphatic imine (C=N–C) groups is 2. The maximum absolute atomic E-state index is 14.8. The lowest BCUT2D eigenvalue weighted by Crippen LogP contribution is -2.53. The topological polar surface area (TPSA) is 86.6 Å². The molecule has 0 aliphatic carbocycles. The van der Waals surface area contributed by atoms with Crippen LogP contribution in [0, 0.1) is 11.7 Å². The van der Waals surface area contributed by atoms with E-state index in [1.165, 1.54) is 12.1 Å². The Labute approximate surface area is 226 Å². The molecule has 1 N–H and O–H groups in total. The Morgan fingerprint density at radius 2 is 1.95 bits per heavy atom. The molecule has 4 rings (SSSR count). The van der Waals surface area contributed by atoms with Crippen LogP contribution in [0.15, 0.2) is 51.6 Å². The summed E-state index contributed by atoms with van der Waals surface area (Å²) in [6.07, 6.45) is 0.987. The first-order valence-corrected chi connectivity index (χ1v) is 12.9. The number of alkyl halides is 2. The minimum Gasteiger partial charge on any atom is -0.444 e. The molecular weight excluding hydrogens is 511 g/mol. The van der Waals surface area contributed by atoms with Crippen LogP contribution in [0.5, 0.6) is 0 Å². The second-order valence-corrected chi connectivity index (χ2v) is 10.9. The molecule has 11 heteroatoms. The standard InChI is InChI=1S/C28H34F3N5O3/c1-15(18-8-7-9-19(22(18)29)24(30)31)32-25-20-14-21(35(6)26(37)23(20)33-16(2)34-25)17-10-12-36(13-11-17)27(38)39-28(3,4)5/h7-10,14-15,20,23-24H,11-13H2,1-6H3,(H,32,33,34)/t15-,20?,23?/m1/s1. The summed E-state index contributed by atoms with van der Waals surface area (Å²) in [6.45, 7) is 9.53. The normalized spacial score (nSPS) is 23.6. The van der Waals surface area contributed by atoms with Crippen LogP contribution < -0.4 is 5.32 Å². The van der Waals surface area contributed by atoms with Crippen LogP contribution in [-0.2, 0) is 9.53 Å². The van der Waals surface area contributed by atoms with Gasteiger partial charge in [0.25, 0.3) is 12.3 Å². The van der Waals surface area contributed by atoms with E-state index in [4.69, 9.17) is 4.74 Å². The molecule has 0 saturated heterocycles. The van der Waals surface area contributed by atoms with E-state index >= 15 is 0 Å². The largest absolute Gasteiger partial charge is 0.444 e. The molecule has 2 unspecified atom stereocenters. The number of nitrogens with one attached hydrogen (secondary N) is 1. The third-order valence-corrected chi connectivity index (χ3v) is 6.85. The maximum atomic E-state index is 14.8. The first kappa shape index (κ1) is 28.4. The van der Waals surface area contributed by atoms with Crippen molar-refractivity contribution in [3.05, 3.63) is 58.6 Å². The summed E-state index contributed by atoms with van der Waals surface area (Å²) in [5, 5.41) is 3.10. The number of allylic oxidation sites excluding steroid dienone is 1. The van der Waals surface area contributed by atoms with E-state index in [2.05, 4.69) is 15.3 Å². The summed E-state index contributed by atoms with van der Waals surface area (Å²) in [5.41, 5.74) is 0.358. The van der Waals surface area contributed by atoms with Gasteiger partial charge >= 0.3 is 6.09 Å². The monoisotopic (exact) mass is 545 g/mol. The van der Waals surface area contributed by atoms with Crippen molar-refractivity contribution in [2.24, 2.45) is 15.9 Å². The second kappa shape index (κ2) is 10.9. The number of carbonyl (C=O) groups excluding carboxylic acids is 2. The van der Waals surface area contributed by atoms with Crippen molar-refractivity contribution in [3.8, 4) is 0 Å². The molecule has 3 aliphatic heterocycles. The van der Waals surface area contributed by atoms with E-state index in [-0.39, 0.29) is 11.5 Å². The van der Waals surface area contributed by atoms with Gasteiger partial charge in [0.2, 0.25) is 0 Å². The van der Waals surface area contributed by atoms with Gasteiger partial charge in [-0.3, -0.25) is 14.8 Å². The maximum Gasteiger partial charge on any atom is 0.410 e. The first-order chi connectivity index (χ1) is 18.3. The van der Waals surface area contributed by atoms with Gasteiger partial charge in [0.15, 0.2) is 0 Å². The average Bonchev–Trinajstić information content (AvgIpc) is 2.85. The highest BCUT2D eigenvalue weighted by molar-refractivity contribution is 6.08. The van der Waals surface area contributed by atoms with Gasteiger partial charge in [-0.15, -0.1) is 0 Å². The number of nitrogens with zero attached hydrogens (tertiary/aromatic N) is 4. The van der Waals surface area contributed by atoms with E-state index in [0.717, 1.165) is 11.6 Å². The van der Waals surface area contributed by atoms with Crippen molar-refractivity contribution in [2.75, 3.05) is 20.1 Å². The van der Waals surface area contributed by atoms with Gasteiger partial charge in [-0.1, -0.05) is 24.3 Å². The zero-order valence-electron chi connectivity index (χ0n) is 23.0. The van der Waals surface area contributed by atoms with E-state index < -0.39 is 47.5 Å². The fourth-order valence-corrected chi connectivity index (χ4v) is 4.89. The van der Waals surface area contributed by atoms with Crippen LogP contribution in [0.2, 0.25) is 0 Å². The number of ether oxygens (including phenoxy) is 1. The molecule has 1 aromatic rings. The molecule has 0 saturated carbocycles. The van der Waals surface area contributed by atoms with Crippen molar-refractivity contribution in [1.82, 2.24) is 15.1 Å². The van der Waals surface area contributed by atoms with Gasteiger partial charge < -0.3 is 19.9 Å². The van der Waals surface area contributed by atoms with Crippen molar-refractivity contribution < 1.29 is 27.5 Å². The van der Waals surface area contributed by atoms with Gasteiger partial charge in [-0.25, -0.2) is 18.0 Å². The Bertz CT molecular complexity index is 1280. The van der Waals surface area contributed by atoms with Crippen LogP contribution in [-0.4, -0.2) is 65.3 Å². The summed E-state index contributed by atoms with van der Waals surface area (Å²) >= 11 is 0. The molecule has 2 amide bonds. The van der Waals surface area contributed by atoms with E-state index in [1.807, 2.05) is 32.9 Å². The Balaban J connectivity index is 1.64. The van der Waals surface area contributed by atoms with Crippen molar-refractivity contribution in [2.45, 2.75) is 65.1 Å². The van der Waals surface area contributed by atoms with Gasteiger partial charge in [-0.2, -0.15) is 0 Å². The number of benzene rings is 1. The van der Waals surface area contributed by atoms with E-state index in [9.17, 15) is 22.8 Å². The molecule has 8 nitrogen and oxygen atoms in total. The zero-order valence-corrected chi connectivity index (χ0v) is 23.0. The van der Waals surface area contributed by atoms with E-state index in [1.54, 1.807) is 30.7 Å². The summed E-state index contributed by atoms with van der Waals surface area (Å²) < 4.78 is 46.8. The van der Waals surface area contributed by atoms with E-state index in [0.29, 0.717) is 36.9 Å². The van der Waals surface area contributed by atoms with Gasteiger partial charge in [0, 0.05) is 31.4 Å². The number of amidine groups is 2. The molecule has 0 fully saturated rings. The molecule has 3 heterocycles. The molecule has 0 bridgehead atoms. The molecule has 0 spiro atoms. The number of amides is 2. The number of likely N-dealkylation sites (N-methyl/N-ethyl adjacent to an activating group) is 1. The van der Waals surface area contributed by atoms with Crippen LogP contribution in [0.25, 0.3) is 0 Å². The van der Waals surface area contributed by atoms with Crippen LogP contribution in [0.3, 0.4) is 0 Å². The summed E-state index contributed by atoms with van der Waals surface area (Å²) in [6, 6.07) is 2.32. The van der Waals surface area contributed by atoms with Crippen molar-refractivity contribution in [1.29, 1.82) is 0 Å². The number of rotatable bonds is 4. The minimum absolute atomic E-state index is 0.0412. The van der Waals surface area contributed by atoms with Gasteiger partial charge in [0.1, 0.15) is 23.3 Å². The quantitative estimate of drug-likeness (QED) is 0.567. The predicted molar refractivity (Wildman–Crippen MR) is 142 cm³/mol. The smallest absolute Gasteiger partial charge is 0.410 e. The number of carbonyl (C=O) groups is 2. The Kier molecular flexibility index (Phi) is 7.90. The summed E-state index contributed by atoms with van der Waals surface area (Å²) in [4.78, 5) is 38.2. The third kappa shape index (κ3) is 6.02. The highest BCUT2D eigenvalue weighted by atomic mass is 19.3.